The van der Waals surface area contributed by atoms with Crippen molar-refractivity contribution < 1.29 is 33.2 Å². The summed E-state index contributed by atoms with van der Waals surface area (Å²) in [5, 5.41) is 10.7. The smallest absolute Gasteiger partial charge is 0.414 e. The van der Waals surface area contributed by atoms with E-state index in [2.05, 4.69) is 9.97 Å². The lowest BCUT2D eigenvalue weighted by molar-refractivity contribution is 0.130. The van der Waals surface area contributed by atoms with E-state index < -0.39 is 18.0 Å². The van der Waals surface area contributed by atoms with Gasteiger partial charge in [-0.2, -0.15) is 0 Å². The third kappa shape index (κ3) is 4.79. The molecule has 4 heterocycles. The van der Waals surface area contributed by atoms with Crippen LogP contribution in [0.25, 0.3) is 11.0 Å². The Bertz CT molecular complexity index is 1240. The number of fused-ring (bicyclic) bond motifs is 2. The van der Waals surface area contributed by atoms with Crippen molar-refractivity contribution in [3.8, 4) is 17.4 Å². The molecule has 2 aliphatic heterocycles. The van der Waals surface area contributed by atoms with E-state index in [9.17, 15) is 14.3 Å². The number of benzene rings is 1. The fourth-order valence-electron chi connectivity index (χ4n) is 4.41. The maximum absolute atomic E-state index is 14.5. The number of aliphatic hydroxyl groups excluding tert-OH is 1. The van der Waals surface area contributed by atoms with Gasteiger partial charge in [0.05, 0.1) is 37.2 Å². The predicted octanol–water partition coefficient (Wildman–Crippen LogP) is 4.17. The van der Waals surface area contributed by atoms with Gasteiger partial charge >= 0.3 is 6.09 Å². The molecular weight excluding hydrogens is 457 g/mol. The van der Waals surface area contributed by atoms with Crippen LogP contribution in [0.15, 0.2) is 36.5 Å². The molecule has 1 aromatic carbocycles. The zero-order chi connectivity index (χ0) is 24.4. The van der Waals surface area contributed by atoms with E-state index in [0.717, 1.165) is 6.20 Å². The molecule has 2 aliphatic rings. The van der Waals surface area contributed by atoms with Crippen LogP contribution < -0.4 is 19.1 Å². The van der Waals surface area contributed by atoms with Gasteiger partial charge in [0.1, 0.15) is 30.7 Å². The fraction of sp³-hybridized carbons (Fsp3) is 0.400. The number of aliphatic hydroxyl groups is 1. The number of anilines is 1. The SMILES string of the molecule is COc1ccc2ncc(F)c([C@@H](O)CCCC[C@@H]3CN(c4ccc5c(c4)OCCO5)C(=O)O3)c2n1. The molecule has 2 aromatic heterocycles. The molecule has 35 heavy (non-hydrogen) atoms. The van der Waals surface area contributed by atoms with Crippen molar-refractivity contribution in [2.24, 2.45) is 0 Å². The van der Waals surface area contributed by atoms with Crippen molar-refractivity contribution in [3.63, 3.8) is 0 Å². The summed E-state index contributed by atoms with van der Waals surface area (Å²) in [7, 11) is 1.47. The minimum atomic E-state index is -1.04. The van der Waals surface area contributed by atoms with Gasteiger partial charge in [0, 0.05) is 17.7 Å². The van der Waals surface area contributed by atoms with Crippen LogP contribution in [-0.2, 0) is 4.74 Å². The van der Waals surface area contributed by atoms with Gasteiger partial charge in [-0.3, -0.25) is 9.88 Å². The first-order chi connectivity index (χ1) is 17.0. The zero-order valence-electron chi connectivity index (χ0n) is 19.3. The summed E-state index contributed by atoms with van der Waals surface area (Å²) in [6.07, 6.45) is 1.67. The lowest BCUT2D eigenvalue weighted by Gasteiger charge is -2.21. The molecular formula is C25H26FN3O6. The number of ether oxygens (including phenoxy) is 4. The molecule has 184 valence electrons. The molecule has 0 spiro atoms. The number of cyclic esters (lactones) is 1. The maximum atomic E-state index is 14.5. The number of rotatable bonds is 8. The lowest BCUT2D eigenvalue weighted by Crippen LogP contribution is -2.25. The first-order valence-electron chi connectivity index (χ1n) is 11.6. The minimum absolute atomic E-state index is 0.117. The Morgan fingerprint density at radius 3 is 2.86 bits per heavy atom. The summed E-state index contributed by atoms with van der Waals surface area (Å²) in [6, 6.07) is 8.70. The predicted molar refractivity (Wildman–Crippen MR) is 125 cm³/mol. The largest absolute Gasteiger partial charge is 0.486 e. The summed E-state index contributed by atoms with van der Waals surface area (Å²) in [6.45, 7) is 1.40. The molecule has 3 aromatic rings. The van der Waals surface area contributed by atoms with Gasteiger partial charge in [0.15, 0.2) is 11.5 Å². The van der Waals surface area contributed by atoms with Crippen molar-refractivity contribution in [1.82, 2.24) is 9.97 Å². The summed E-state index contributed by atoms with van der Waals surface area (Å²) >= 11 is 0. The van der Waals surface area contributed by atoms with E-state index in [-0.39, 0.29) is 17.2 Å². The summed E-state index contributed by atoms with van der Waals surface area (Å²) < 4.78 is 36.3. The van der Waals surface area contributed by atoms with Crippen LogP contribution in [0.2, 0.25) is 0 Å². The number of carbonyl (C=O) groups excluding carboxylic acids is 1. The van der Waals surface area contributed by atoms with E-state index in [1.54, 1.807) is 29.2 Å². The van der Waals surface area contributed by atoms with Gasteiger partial charge in [-0.05, 0) is 37.5 Å². The number of unbranched alkanes of at least 4 members (excludes halogenated alkanes) is 1. The Labute approximate surface area is 201 Å². The monoisotopic (exact) mass is 483 g/mol. The standard InChI is InChI=1S/C25H26FN3O6/c1-32-22-9-7-18-24(28-22)23(17(26)13-27-18)19(30)5-3-2-4-16-14-29(25(31)35-16)15-6-8-20-21(12-15)34-11-10-33-20/h6-9,12-13,16,19,30H,2-5,10-11,14H2,1H3/t16-,19+/m1/s1. The van der Waals surface area contributed by atoms with Gasteiger partial charge in [0.25, 0.3) is 0 Å². The highest BCUT2D eigenvalue weighted by Gasteiger charge is 2.32. The Hall–Kier alpha value is -3.66. The molecule has 0 aliphatic carbocycles. The third-order valence-corrected chi connectivity index (χ3v) is 6.19. The molecule has 2 atom stereocenters. The number of pyridine rings is 2. The Balaban J connectivity index is 1.16. The minimum Gasteiger partial charge on any atom is -0.486 e. The van der Waals surface area contributed by atoms with E-state index in [0.29, 0.717) is 74.0 Å². The van der Waals surface area contributed by atoms with Crippen molar-refractivity contribution in [3.05, 3.63) is 47.9 Å². The van der Waals surface area contributed by atoms with Crippen molar-refractivity contribution in [2.45, 2.75) is 37.9 Å². The number of amides is 1. The van der Waals surface area contributed by atoms with E-state index >= 15 is 0 Å². The number of carbonyl (C=O) groups is 1. The molecule has 1 fully saturated rings. The van der Waals surface area contributed by atoms with Crippen molar-refractivity contribution in [2.75, 3.05) is 31.8 Å². The molecule has 0 unspecified atom stereocenters. The van der Waals surface area contributed by atoms with Crippen LogP contribution in [-0.4, -0.2) is 54.1 Å². The molecule has 1 N–H and O–H groups in total. The van der Waals surface area contributed by atoms with Crippen molar-refractivity contribution >= 4 is 22.8 Å². The second-order valence-electron chi connectivity index (χ2n) is 8.49. The van der Waals surface area contributed by atoms with Crippen LogP contribution in [0.5, 0.6) is 17.4 Å². The molecule has 10 heteroatoms. The number of hydrogen-bond acceptors (Lipinski definition) is 8. The lowest BCUT2D eigenvalue weighted by atomic mass is 10.0. The van der Waals surface area contributed by atoms with Crippen molar-refractivity contribution in [1.29, 1.82) is 0 Å². The topological polar surface area (TPSA) is 103 Å². The normalized spacial score (nSPS) is 18.0. The van der Waals surface area contributed by atoms with Crippen LogP contribution in [0.1, 0.15) is 37.4 Å². The number of nitrogens with zero attached hydrogens (tertiary/aromatic N) is 3. The third-order valence-electron chi connectivity index (χ3n) is 6.19. The van der Waals surface area contributed by atoms with Gasteiger partial charge in [-0.15, -0.1) is 0 Å². The van der Waals surface area contributed by atoms with E-state index in [1.165, 1.54) is 7.11 Å². The highest BCUT2D eigenvalue weighted by molar-refractivity contribution is 5.90. The van der Waals surface area contributed by atoms with Gasteiger partial charge in [-0.1, -0.05) is 6.42 Å². The maximum Gasteiger partial charge on any atom is 0.414 e. The van der Waals surface area contributed by atoms with Crippen LogP contribution in [0.4, 0.5) is 14.9 Å². The Morgan fingerprint density at radius 2 is 2.03 bits per heavy atom. The second kappa shape index (κ2) is 9.91. The summed E-state index contributed by atoms with van der Waals surface area (Å²) in [5.41, 5.74) is 1.58. The van der Waals surface area contributed by atoms with Gasteiger partial charge in [0.2, 0.25) is 5.88 Å². The number of methoxy groups -OCH3 is 1. The Kier molecular flexibility index (Phi) is 6.54. The molecule has 1 saturated heterocycles. The zero-order valence-corrected chi connectivity index (χ0v) is 19.3. The highest BCUT2D eigenvalue weighted by atomic mass is 19.1. The fourth-order valence-corrected chi connectivity index (χ4v) is 4.41. The van der Waals surface area contributed by atoms with Crippen LogP contribution in [0.3, 0.4) is 0 Å². The number of hydrogen-bond donors (Lipinski definition) is 1. The Morgan fingerprint density at radius 1 is 1.20 bits per heavy atom. The molecule has 0 saturated carbocycles. The first-order valence-corrected chi connectivity index (χ1v) is 11.6. The molecule has 9 nitrogen and oxygen atoms in total. The summed E-state index contributed by atoms with van der Waals surface area (Å²) in [5.74, 6) is 0.992. The average molecular weight is 483 g/mol. The second-order valence-corrected chi connectivity index (χ2v) is 8.49. The number of halogens is 1. The van der Waals surface area contributed by atoms with Gasteiger partial charge in [-0.25, -0.2) is 14.2 Å². The molecule has 0 bridgehead atoms. The quantitative estimate of drug-likeness (QED) is 0.476. The number of aromatic nitrogens is 2. The highest BCUT2D eigenvalue weighted by Crippen LogP contribution is 2.36. The molecule has 1 amide bonds. The average Bonchev–Trinajstić information content (AvgIpc) is 3.25. The first kappa shape index (κ1) is 23.1. The van der Waals surface area contributed by atoms with Crippen LogP contribution >= 0.6 is 0 Å². The molecule has 5 rings (SSSR count). The van der Waals surface area contributed by atoms with Gasteiger partial charge < -0.3 is 24.1 Å². The van der Waals surface area contributed by atoms with Crippen LogP contribution in [0, 0.1) is 5.82 Å². The van der Waals surface area contributed by atoms with E-state index in [4.69, 9.17) is 18.9 Å². The summed E-state index contributed by atoms with van der Waals surface area (Å²) in [4.78, 5) is 22.3. The van der Waals surface area contributed by atoms with E-state index in [1.807, 2.05) is 6.07 Å². The molecule has 0 radical (unpaired) electrons.